The van der Waals surface area contributed by atoms with Crippen molar-refractivity contribution < 1.29 is 9.53 Å². The number of amides is 1. The van der Waals surface area contributed by atoms with Gasteiger partial charge in [0.25, 0.3) is 0 Å². The number of hydrogen-bond donors (Lipinski definition) is 1. The first-order chi connectivity index (χ1) is 10.2. The van der Waals surface area contributed by atoms with Gasteiger partial charge in [0, 0.05) is 32.7 Å². The molecule has 0 aliphatic carbocycles. The van der Waals surface area contributed by atoms with Gasteiger partial charge >= 0.3 is 0 Å². The van der Waals surface area contributed by atoms with Crippen LogP contribution in [0, 0.1) is 0 Å². The number of nitrogens with two attached hydrogens (primary N) is 1. The molecule has 1 aromatic heterocycles. The summed E-state index contributed by atoms with van der Waals surface area (Å²) in [5.74, 6) is 0.161. The average molecular weight is 294 g/mol. The van der Waals surface area contributed by atoms with Gasteiger partial charge in [-0.25, -0.2) is 4.98 Å². The molecule has 2 atom stereocenters. The number of carbonyl (C=O) groups is 1. The lowest BCUT2D eigenvalue weighted by molar-refractivity contribution is -0.134. The molecule has 0 aromatic carbocycles. The molecule has 1 aliphatic heterocycles. The molecule has 1 fully saturated rings. The molecule has 2 rings (SSSR count). The number of methoxy groups -OCH3 is 1. The monoisotopic (exact) mass is 294 g/mol. The quantitative estimate of drug-likeness (QED) is 0.859. The van der Waals surface area contributed by atoms with E-state index in [-0.39, 0.29) is 18.0 Å². The van der Waals surface area contributed by atoms with E-state index in [1.807, 2.05) is 17.4 Å². The fraction of sp³-hybridized carbons (Fsp3) is 0.733. The van der Waals surface area contributed by atoms with E-state index in [9.17, 15) is 4.79 Å². The van der Waals surface area contributed by atoms with Crippen molar-refractivity contribution in [1.82, 2.24) is 14.5 Å². The van der Waals surface area contributed by atoms with Crippen LogP contribution in [0.15, 0.2) is 12.5 Å². The molecule has 1 saturated heterocycles. The van der Waals surface area contributed by atoms with Crippen LogP contribution in [-0.4, -0.2) is 46.7 Å². The molecule has 2 unspecified atom stereocenters. The number of likely N-dealkylation sites (tertiary alicyclic amines) is 1. The molecule has 2 heterocycles. The molecule has 1 aliphatic rings. The van der Waals surface area contributed by atoms with Crippen LogP contribution in [0.5, 0.6) is 0 Å². The molecule has 6 heteroatoms. The number of rotatable bonds is 6. The van der Waals surface area contributed by atoms with Crippen molar-refractivity contribution in [3.63, 3.8) is 0 Å². The van der Waals surface area contributed by atoms with E-state index < -0.39 is 0 Å². The SMILES string of the molecule is CCCn1cncc1C1C(N)CCCC(=O)N1CCOC. The maximum Gasteiger partial charge on any atom is 0.223 e. The Morgan fingerprint density at radius 2 is 2.29 bits per heavy atom. The van der Waals surface area contributed by atoms with Crippen molar-refractivity contribution in [2.24, 2.45) is 5.73 Å². The van der Waals surface area contributed by atoms with E-state index in [1.54, 1.807) is 7.11 Å². The number of nitrogens with zero attached hydrogens (tertiary/aromatic N) is 3. The van der Waals surface area contributed by atoms with Gasteiger partial charge in [-0.1, -0.05) is 6.92 Å². The Hall–Kier alpha value is -1.40. The second-order valence-corrected chi connectivity index (χ2v) is 5.59. The third-order valence-corrected chi connectivity index (χ3v) is 4.04. The van der Waals surface area contributed by atoms with Crippen molar-refractivity contribution in [3.8, 4) is 0 Å². The normalized spacial score (nSPS) is 23.4. The number of hydrogen-bond acceptors (Lipinski definition) is 4. The third kappa shape index (κ3) is 3.63. The summed E-state index contributed by atoms with van der Waals surface area (Å²) in [6.45, 7) is 4.12. The topological polar surface area (TPSA) is 73.4 Å². The summed E-state index contributed by atoms with van der Waals surface area (Å²) in [7, 11) is 1.65. The largest absolute Gasteiger partial charge is 0.383 e. The number of aryl methyl sites for hydroxylation is 1. The maximum atomic E-state index is 12.4. The molecule has 6 nitrogen and oxygen atoms in total. The van der Waals surface area contributed by atoms with Gasteiger partial charge in [0.15, 0.2) is 0 Å². The van der Waals surface area contributed by atoms with E-state index in [2.05, 4.69) is 16.5 Å². The third-order valence-electron chi connectivity index (χ3n) is 4.04. The van der Waals surface area contributed by atoms with E-state index in [0.717, 1.165) is 31.5 Å². The van der Waals surface area contributed by atoms with Gasteiger partial charge in [-0.15, -0.1) is 0 Å². The first-order valence-corrected chi connectivity index (χ1v) is 7.73. The number of ether oxygens (including phenoxy) is 1. The number of imidazole rings is 1. The lowest BCUT2D eigenvalue weighted by Gasteiger charge is -2.34. The fourth-order valence-corrected chi connectivity index (χ4v) is 3.01. The molecule has 21 heavy (non-hydrogen) atoms. The molecule has 0 bridgehead atoms. The van der Waals surface area contributed by atoms with Gasteiger partial charge in [-0.3, -0.25) is 4.79 Å². The van der Waals surface area contributed by atoms with Crippen LogP contribution in [0.4, 0.5) is 0 Å². The zero-order valence-electron chi connectivity index (χ0n) is 13.0. The summed E-state index contributed by atoms with van der Waals surface area (Å²) in [4.78, 5) is 18.6. The predicted molar refractivity (Wildman–Crippen MR) is 80.7 cm³/mol. The minimum absolute atomic E-state index is 0.0550. The molecule has 0 spiro atoms. The van der Waals surface area contributed by atoms with Crippen molar-refractivity contribution in [2.75, 3.05) is 20.3 Å². The second kappa shape index (κ2) is 7.56. The summed E-state index contributed by atoms with van der Waals surface area (Å²) in [5.41, 5.74) is 7.42. The van der Waals surface area contributed by atoms with Crippen LogP contribution in [0.2, 0.25) is 0 Å². The van der Waals surface area contributed by atoms with Crippen LogP contribution >= 0.6 is 0 Å². The fourth-order valence-electron chi connectivity index (χ4n) is 3.01. The Bertz CT molecular complexity index is 460. The Balaban J connectivity index is 2.32. The van der Waals surface area contributed by atoms with Crippen molar-refractivity contribution in [2.45, 2.75) is 51.2 Å². The van der Waals surface area contributed by atoms with Crippen LogP contribution in [0.3, 0.4) is 0 Å². The summed E-state index contributed by atoms with van der Waals surface area (Å²) in [5, 5.41) is 0. The van der Waals surface area contributed by atoms with Crippen LogP contribution in [0.25, 0.3) is 0 Å². The predicted octanol–water partition coefficient (Wildman–Crippen LogP) is 1.32. The molecule has 0 radical (unpaired) electrons. The zero-order valence-corrected chi connectivity index (χ0v) is 13.0. The molecule has 2 N–H and O–H groups in total. The lowest BCUT2D eigenvalue weighted by atomic mass is 10.0. The smallest absolute Gasteiger partial charge is 0.223 e. The van der Waals surface area contributed by atoms with E-state index in [1.165, 1.54) is 0 Å². The van der Waals surface area contributed by atoms with Gasteiger partial charge in [0.2, 0.25) is 5.91 Å². The van der Waals surface area contributed by atoms with E-state index in [0.29, 0.717) is 19.6 Å². The highest BCUT2D eigenvalue weighted by molar-refractivity contribution is 5.77. The summed E-state index contributed by atoms with van der Waals surface area (Å²) in [6.07, 6.45) is 6.97. The molecule has 1 amide bonds. The first kappa shape index (κ1) is 16.0. The molecular weight excluding hydrogens is 268 g/mol. The lowest BCUT2D eigenvalue weighted by Crippen LogP contribution is -2.44. The summed E-state index contributed by atoms with van der Waals surface area (Å²) < 4.78 is 7.27. The van der Waals surface area contributed by atoms with Crippen molar-refractivity contribution >= 4 is 5.91 Å². The zero-order chi connectivity index (χ0) is 15.2. The number of carbonyl (C=O) groups excluding carboxylic acids is 1. The highest BCUT2D eigenvalue weighted by atomic mass is 16.5. The Labute approximate surface area is 126 Å². The Morgan fingerprint density at radius 3 is 3.00 bits per heavy atom. The van der Waals surface area contributed by atoms with Crippen molar-refractivity contribution in [1.29, 1.82) is 0 Å². The Morgan fingerprint density at radius 1 is 1.48 bits per heavy atom. The average Bonchev–Trinajstić information content (AvgIpc) is 2.85. The van der Waals surface area contributed by atoms with Gasteiger partial charge in [0.05, 0.1) is 30.9 Å². The molecule has 0 saturated carbocycles. The minimum atomic E-state index is -0.107. The van der Waals surface area contributed by atoms with Gasteiger partial charge in [0.1, 0.15) is 0 Å². The van der Waals surface area contributed by atoms with Gasteiger partial charge < -0.3 is 19.9 Å². The van der Waals surface area contributed by atoms with E-state index in [4.69, 9.17) is 10.5 Å². The van der Waals surface area contributed by atoms with Crippen LogP contribution < -0.4 is 5.73 Å². The molecule has 118 valence electrons. The maximum absolute atomic E-state index is 12.4. The molecule has 1 aromatic rings. The summed E-state index contributed by atoms with van der Waals surface area (Å²) in [6, 6.07) is -0.162. The summed E-state index contributed by atoms with van der Waals surface area (Å²) >= 11 is 0. The highest BCUT2D eigenvalue weighted by Crippen LogP contribution is 2.30. The highest BCUT2D eigenvalue weighted by Gasteiger charge is 2.34. The number of aromatic nitrogens is 2. The Kier molecular flexibility index (Phi) is 5.76. The van der Waals surface area contributed by atoms with Crippen LogP contribution in [-0.2, 0) is 16.1 Å². The van der Waals surface area contributed by atoms with E-state index >= 15 is 0 Å². The van der Waals surface area contributed by atoms with Crippen LogP contribution in [0.1, 0.15) is 44.3 Å². The van der Waals surface area contributed by atoms with Gasteiger partial charge in [-0.2, -0.15) is 0 Å². The molecular formula is C15H26N4O2. The van der Waals surface area contributed by atoms with Crippen molar-refractivity contribution in [3.05, 3.63) is 18.2 Å². The second-order valence-electron chi connectivity index (χ2n) is 5.59. The van der Waals surface area contributed by atoms with Gasteiger partial charge in [-0.05, 0) is 19.3 Å². The standard InChI is InChI=1S/C15H26N4O2/c1-3-7-18-11-17-10-13(18)15-12(16)5-4-6-14(20)19(15)8-9-21-2/h10-12,15H,3-9,16H2,1-2H3. The first-order valence-electron chi connectivity index (χ1n) is 7.73. The minimum Gasteiger partial charge on any atom is -0.383 e.